The van der Waals surface area contributed by atoms with Gasteiger partial charge in [0.25, 0.3) is 5.91 Å². The number of nitrogens with zero attached hydrogens (tertiary/aromatic N) is 5. The summed E-state index contributed by atoms with van der Waals surface area (Å²) in [4.78, 5) is 15.1. The maximum Gasteiger partial charge on any atom is 0.274 e. The molecule has 0 fully saturated rings. The van der Waals surface area contributed by atoms with E-state index in [2.05, 4.69) is 51.3 Å². The fourth-order valence-electron chi connectivity index (χ4n) is 4.07. The molecule has 146 valence electrons. The molecule has 29 heavy (non-hydrogen) atoms. The molecule has 1 unspecified atom stereocenters. The lowest BCUT2D eigenvalue weighted by atomic mass is 9.90. The van der Waals surface area contributed by atoms with E-state index in [9.17, 15) is 4.79 Å². The van der Waals surface area contributed by atoms with Gasteiger partial charge in [-0.15, -0.1) is 0 Å². The molecule has 5 rings (SSSR count). The molecule has 1 aliphatic heterocycles. The minimum absolute atomic E-state index is 0.00532. The summed E-state index contributed by atoms with van der Waals surface area (Å²) >= 11 is 3.45. The van der Waals surface area contributed by atoms with Crippen molar-refractivity contribution in [3.63, 3.8) is 0 Å². The lowest BCUT2D eigenvalue weighted by Gasteiger charge is -2.35. The highest BCUT2D eigenvalue weighted by Gasteiger charge is 2.29. The molecule has 7 heteroatoms. The molecule has 1 aliphatic rings. The van der Waals surface area contributed by atoms with Crippen molar-refractivity contribution in [2.24, 2.45) is 7.05 Å². The smallest absolute Gasteiger partial charge is 0.274 e. The summed E-state index contributed by atoms with van der Waals surface area (Å²) in [5.74, 6) is -0.0284. The van der Waals surface area contributed by atoms with Gasteiger partial charge in [-0.3, -0.25) is 9.48 Å². The second-order valence-corrected chi connectivity index (χ2v) is 8.40. The van der Waals surface area contributed by atoms with E-state index in [4.69, 9.17) is 0 Å². The molecule has 0 N–H and O–H groups in total. The van der Waals surface area contributed by atoms with Crippen molar-refractivity contribution < 1.29 is 4.79 Å². The van der Waals surface area contributed by atoms with Gasteiger partial charge in [0.2, 0.25) is 0 Å². The van der Waals surface area contributed by atoms with Gasteiger partial charge in [0, 0.05) is 36.0 Å². The first-order valence-corrected chi connectivity index (χ1v) is 10.4. The zero-order valence-corrected chi connectivity index (χ0v) is 17.8. The van der Waals surface area contributed by atoms with Gasteiger partial charge < -0.3 is 4.90 Å². The van der Waals surface area contributed by atoms with Crippen molar-refractivity contribution in [2.45, 2.75) is 19.4 Å². The van der Waals surface area contributed by atoms with Gasteiger partial charge in [0.1, 0.15) is 0 Å². The van der Waals surface area contributed by atoms with E-state index in [0.29, 0.717) is 12.2 Å². The minimum Gasteiger partial charge on any atom is -0.330 e. The number of hydrogen-bond acceptors (Lipinski definition) is 3. The summed E-state index contributed by atoms with van der Waals surface area (Å²) in [7, 11) is 1.92. The molecule has 0 saturated carbocycles. The minimum atomic E-state index is -0.0284. The molecule has 0 aliphatic carbocycles. The number of aromatic nitrogens is 4. The highest BCUT2D eigenvalue weighted by molar-refractivity contribution is 9.10. The Bertz CT molecular complexity index is 1240. The zero-order valence-electron chi connectivity index (χ0n) is 16.2. The maximum atomic E-state index is 13.2. The normalized spacial score (nSPS) is 16.2. The van der Waals surface area contributed by atoms with E-state index in [-0.39, 0.29) is 11.9 Å². The molecular formula is C22H20BrN5O. The van der Waals surface area contributed by atoms with Crippen LogP contribution in [0.4, 0.5) is 0 Å². The molecule has 0 spiro atoms. The van der Waals surface area contributed by atoms with Gasteiger partial charge in [-0.1, -0.05) is 18.2 Å². The second kappa shape index (κ2) is 6.84. The first-order chi connectivity index (χ1) is 14.0. The van der Waals surface area contributed by atoms with Crippen LogP contribution in [0.2, 0.25) is 0 Å². The Balaban J connectivity index is 1.44. The molecule has 4 aromatic rings. The van der Waals surface area contributed by atoms with Gasteiger partial charge in [-0.2, -0.15) is 10.2 Å². The second-order valence-electron chi connectivity index (χ2n) is 7.49. The third-order valence-electron chi connectivity index (χ3n) is 5.62. The predicted octanol–water partition coefficient (Wildman–Crippen LogP) is 4.26. The molecule has 0 saturated heterocycles. The lowest BCUT2D eigenvalue weighted by Crippen LogP contribution is -2.39. The van der Waals surface area contributed by atoms with E-state index >= 15 is 0 Å². The van der Waals surface area contributed by atoms with Gasteiger partial charge in [-0.05, 0) is 64.2 Å². The molecule has 1 aromatic carbocycles. The van der Waals surface area contributed by atoms with Crippen LogP contribution in [0.1, 0.15) is 34.6 Å². The van der Waals surface area contributed by atoms with Crippen molar-refractivity contribution in [3.05, 3.63) is 76.3 Å². The number of pyridine rings is 1. The highest BCUT2D eigenvalue weighted by Crippen LogP contribution is 2.33. The van der Waals surface area contributed by atoms with E-state index < -0.39 is 0 Å². The average Bonchev–Trinajstić information content (AvgIpc) is 3.33. The summed E-state index contributed by atoms with van der Waals surface area (Å²) < 4.78 is 4.47. The first-order valence-electron chi connectivity index (χ1n) is 9.57. The fourth-order valence-corrected chi connectivity index (χ4v) is 4.40. The van der Waals surface area contributed by atoms with Crippen LogP contribution in [0.15, 0.2) is 59.5 Å². The van der Waals surface area contributed by atoms with Crippen LogP contribution in [-0.2, 0) is 13.5 Å². The van der Waals surface area contributed by atoms with Crippen LogP contribution in [-0.4, -0.2) is 36.7 Å². The largest absolute Gasteiger partial charge is 0.330 e. The molecule has 4 heterocycles. The molecule has 3 aromatic heterocycles. The highest BCUT2D eigenvalue weighted by atomic mass is 79.9. The Morgan fingerprint density at radius 1 is 1.14 bits per heavy atom. The average molecular weight is 450 g/mol. The van der Waals surface area contributed by atoms with Crippen LogP contribution in [0.5, 0.6) is 0 Å². The Hall–Kier alpha value is -2.93. The van der Waals surface area contributed by atoms with Gasteiger partial charge >= 0.3 is 0 Å². The van der Waals surface area contributed by atoms with E-state index in [1.807, 2.05) is 53.4 Å². The lowest BCUT2D eigenvalue weighted by molar-refractivity contribution is 0.0671. The molecule has 6 nitrogen and oxygen atoms in total. The first kappa shape index (κ1) is 18.1. The third kappa shape index (κ3) is 3.15. The Morgan fingerprint density at radius 2 is 2.00 bits per heavy atom. The van der Waals surface area contributed by atoms with Crippen LogP contribution in [0.3, 0.4) is 0 Å². The number of aryl methyl sites for hydroxylation is 1. The van der Waals surface area contributed by atoms with Gasteiger partial charge in [-0.25, -0.2) is 4.52 Å². The van der Waals surface area contributed by atoms with Crippen molar-refractivity contribution in [2.75, 3.05) is 6.54 Å². The number of fused-ring (bicyclic) bond motifs is 2. The number of hydrogen-bond donors (Lipinski definition) is 0. The Kier molecular flexibility index (Phi) is 4.28. The van der Waals surface area contributed by atoms with Crippen LogP contribution >= 0.6 is 15.9 Å². The number of benzene rings is 1. The molecular weight excluding hydrogens is 430 g/mol. The number of amides is 1. The number of carbonyl (C=O) groups excluding carboxylic acids is 1. The summed E-state index contributed by atoms with van der Waals surface area (Å²) in [5, 5.41) is 8.75. The van der Waals surface area contributed by atoms with Crippen molar-refractivity contribution in [3.8, 4) is 11.1 Å². The van der Waals surface area contributed by atoms with Crippen LogP contribution in [0.25, 0.3) is 16.6 Å². The van der Waals surface area contributed by atoms with Crippen LogP contribution < -0.4 is 0 Å². The predicted molar refractivity (Wildman–Crippen MR) is 115 cm³/mol. The van der Waals surface area contributed by atoms with Crippen molar-refractivity contribution >= 4 is 27.4 Å². The standard InChI is InChI=1S/C22H20BrN5O/c1-14-20-6-3-15(17-11-24-26(2)12-17)9-16(20)7-8-27(14)22(29)21-10-19-5-4-18(23)13-28(19)25-21/h3-6,9-14H,7-8H2,1-2H3. The van der Waals surface area contributed by atoms with Crippen molar-refractivity contribution in [1.29, 1.82) is 0 Å². The Morgan fingerprint density at radius 3 is 2.79 bits per heavy atom. The molecule has 0 radical (unpaired) electrons. The summed E-state index contributed by atoms with van der Waals surface area (Å²) in [6, 6.07) is 12.2. The molecule has 1 atom stereocenters. The fraction of sp³-hybridized carbons (Fsp3) is 0.227. The number of halogens is 1. The monoisotopic (exact) mass is 449 g/mol. The van der Waals surface area contributed by atoms with Gasteiger partial charge in [0.05, 0.1) is 17.8 Å². The third-order valence-corrected chi connectivity index (χ3v) is 6.09. The Labute approximate surface area is 176 Å². The summed E-state index contributed by atoms with van der Waals surface area (Å²) in [6.45, 7) is 2.77. The zero-order chi connectivity index (χ0) is 20.1. The maximum absolute atomic E-state index is 13.2. The number of carbonyl (C=O) groups is 1. The molecule has 0 bridgehead atoms. The topological polar surface area (TPSA) is 55.4 Å². The molecule has 1 amide bonds. The van der Waals surface area contributed by atoms with Crippen LogP contribution in [0, 0.1) is 0 Å². The summed E-state index contributed by atoms with van der Waals surface area (Å²) in [5.41, 5.74) is 6.14. The SMILES string of the molecule is CC1c2ccc(-c3cnn(C)c3)cc2CCN1C(=O)c1cc2ccc(Br)cn2n1. The quantitative estimate of drug-likeness (QED) is 0.459. The van der Waals surface area contributed by atoms with E-state index in [0.717, 1.165) is 27.5 Å². The van der Waals surface area contributed by atoms with Crippen molar-refractivity contribution in [1.82, 2.24) is 24.3 Å². The van der Waals surface area contributed by atoms with Gasteiger partial charge in [0.15, 0.2) is 5.69 Å². The van der Waals surface area contributed by atoms with E-state index in [1.54, 1.807) is 4.52 Å². The number of rotatable bonds is 2. The van der Waals surface area contributed by atoms with E-state index in [1.165, 1.54) is 11.1 Å². The summed E-state index contributed by atoms with van der Waals surface area (Å²) in [6.07, 6.45) is 6.59.